The Labute approximate surface area is 182 Å². The van der Waals surface area contributed by atoms with Gasteiger partial charge in [0.2, 0.25) is 5.91 Å². The molecule has 0 bridgehead atoms. The van der Waals surface area contributed by atoms with Crippen molar-refractivity contribution in [2.75, 3.05) is 38.6 Å². The highest BCUT2D eigenvalue weighted by Crippen LogP contribution is 2.20. The molecule has 9 heteroatoms. The van der Waals surface area contributed by atoms with E-state index >= 15 is 0 Å². The Hall–Kier alpha value is -3.10. The number of urea groups is 1. The van der Waals surface area contributed by atoms with Gasteiger partial charge in [0.25, 0.3) is 5.91 Å². The molecule has 1 aliphatic carbocycles. The van der Waals surface area contributed by atoms with Gasteiger partial charge in [-0.1, -0.05) is 0 Å². The summed E-state index contributed by atoms with van der Waals surface area (Å²) in [5.41, 5.74) is 1.03. The number of likely N-dealkylation sites (N-methyl/N-ethyl adjacent to an activating group) is 1. The Bertz CT molecular complexity index is 814. The Morgan fingerprint density at radius 2 is 1.71 bits per heavy atom. The number of nitrogens with zero attached hydrogens (tertiary/aromatic N) is 2. The van der Waals surface area contributed by atoms with Crippen molar-refractivity contribution in [3.05, 3.63) is 29.8 Å². The van der Waals surface area contributed by atoms with Gasteiger partial charge < -0.3 is 25.2 Å². The van der Waals surface area contributed by atoms with Crippen LogP contribution in [-0.2, 0) is 14.3 Å². The van der Waals surface area contributed by atoms with E-state index < -0.39 is 0 Å². The van der Waals surface area contributed by atoms with Crippen LogP contribution >= 0.6 is 0 Å². The van der Waals surface area contributed by atoms with Crippen molar-refractivity contribution in [2.45, 2.75) is 38.6 Å². The van der Waals surface area contributed by atoms with Gasteiger partial charge in [0.1, 0.15) is 0 Å². The van der Waals surface area contributed by atoms with Gasteiger partial charge in [0, 0.05) is 37.4 Å². The fraction of sp³-hybridized carbons (Fsp3) is 0.545. The number of ether oxygens (including phenoxy) is 1. The summed E-state index contributed by atoms with van der Waals surface area (Å²) in [6.45, 7) is 3.06. The summed E-state index contributed by atoms with van der Waals surface area (Å²) in [7, 11) is 1.58. The topological polar surface area (TPSA) is 108 Å². The molecule has 3 rings (SSSR count). The van der Waals surface area contributed by atoms with Gasteiger partial charge in [0.15, 0.2) is 0 Å². The van der Waals surface area contributed by atoms with E-state index in [2.05, 4.69) is 10.6 Å². The molecule has 0 atom stereocenters. The minimum atomic E-state index is -0.274. The molecule has 1 aromatic carbocycles. The van der Waals surface area contributed by atoms with Crippen LogP contribution in [0.15, 0.2) is 24.3 Å². The van der Waals surface area contributed by atoms with Crippen molar-refractivity contribution < 1.29 is 23.9 Å². The van der Waals surface area contributed by atoms with Crippen molar-refractivity contribution in [1.82, 2.24) is 15.1 Å². The molecule has 1 aromatic rings. The highest BCUT2D eigenvalue weighted by molar-refractivity contribution is 5.97. The van der Waals surface area contributed by atoms with E-state index in [1.165, 1.54) is 4.90 Å². The van der Waals surface area contributed by atoms with E-state index in [4.69, 9.17) is 4.74 Å². The van der Waals surface area contributed by atoms with Crippen molar-refractivity contribution in [1.29, 1.82) is 0 Å². The second-order valence-electron chi connectivity index (χ2n) is 8.02. The second-order valence-corrected chi connectivity index (χ2v) is 8.02. The zero-order valence-corrected chi connectivity index (χ0v) is 18.1. The van der Waals surface area contributed by atoms with Crippen LogP contribution < -0.4 is 10.6 Å². The SMILES string of the molecule is CCOC(=O)C1CCN(C(=O)CN(C)C(=O)c2ccc(NC(=O)NC3CC3)cc2)CC1. The molecule has 1 heterocycles. The van der Waals surface area contributed by atoms with E-state index in [1.807, 2.05) is 0 Å². The molecule has 1 aliphatic heterocycles. The standard InChI is InChI=1S/C22H30N4O5/c1-3-31-21(29)16-10-12-26(13-11-16)19(27)14-25(2)20(28)15-4-6-17(7-5-15)23-22(30)24-18-8-9-18/h4-7,16,18H,3,8-14H2,1-2H3,(H2,23,24,30). The third-order valence-electron chi connectivity index (χ3n) is 5.49. The van der Waals surface area contributed by atoms with Crippen LogP contribution in [0.3, 0.4) is 0 Å². The van der Waals surface area contributed by atoms with Gasteiger partial charge >= 0.3 is 12.0 Å². The number of carbonyl (C=O) groups is 4. The number of carbonyl (C=O) groups excluding carboxylic acids is 4. The van der Waals surface area contributed by atoms with Crippen LogP contribution in [0.5, 0.6) is 0 Å². The first-order valence-corrected chi connectivity index (χ1v) is 10.7. The number of benzene rings is 1. The Kier molecular flexibility index (Phi) is 7.49. The van der Waals surface area contributed by atoms with Gasteiger partial charge in [-0.25, -0.2) is 4.79 Å². The number of rotatable bonds is 7. The lowest BCUT2D eigenvalue weighted by atomic mass is 9.97. The van der Waals surface area contributed by atoms with E-state index in [9.17, 15) is 19.2 Å². The summed E-state index contributed by atoms with van der Waals surface area (Å²) < 4.78 is 5.05. The van der Waals surface area contributed by atoms with E-state index in [0.29, 0.717) is 43.8 Å². The minimum absolute atomic E-state index is 0.0350. The average Bonchev–Trinajstić information content (AvgIpc) is 3.57. The molecule has 168 valence electrons. The predicted molar refractivity (Wildman–Crippen MR) is 115 cm³/mol. The number of amides is 4. The van der Waals surface area contributed by atoms with Crippen LogP contribution in [0.2, 0.25) is 0 Å². The molecule has 1 saturated carbocycles. The summed E-state index contributed by atoms with van der Waals surface area (Å²) >= 11 is 0. The fourth-order valence-electron chi connectivity index (χ4n) is 3.50. The van der Waals surface area contributed by atoms with Crippen molar-refractivity contribution in [3.8, 4) is 0 Å². The number of hydrogen-bond donors (Lipinski definition) is 2. The number of nitrogens with one attached hydrogen (secondary N) is 2. The maximum absolute atomic E-state index is 12.7. The molecule has 0 spiro atoms. The normalized spacial score (nSPS) is 16.4. The minimum Gasteiger partial charge on any atom is -0.466 e. The van der Waals surface area contributed by atoms with Gasteiger partial charge in [-0.3, -0.25) is 14.4 Å². The molecule has 2 fully saturated rings. The van der Waals surface area contributed by atoms with Crippen LogP contribution in [0.25, 0.3) is 0 Å². The molecule has 4 amide bonds. The molecule has 9 nitrogen and oxygen atoms in total. The Balaban J connectivity index is 1.45. The average molecular weight is 431 g/mol. The highest BCUT2D eigenvalue weighted by Gasteiger charge is 2.29. The van der Waals surface area contributed by atoms with Crippen molar-refractivity contribution in [2.24, 2.45) is 5.92 Å². The lowest BCUT2D eigenvalue weighted by molar-refractivity contribution is -0.151. The largest absolute Gasteiger partial charge is 0.466 e. The number of likely N-dealkylation sites (tertiary alicyclic amines) is 1. The van der Waals surface area contributed by atoms with Crippen molar-refractivity contribution >= 4 is 29.5 Å². The Morgan fingerprint density at radius 3 is 2.29 bits per heavy atom. The first-order valence-electron chi connectivity index (χ1n) is 10.7. The second kappa shape index (κ2) is 10.3. The molecule has 2 aliphatic rings. The number of hydrogen-bond acceptors (Lipinski definition) is 5. The van der Waals surface area contributed by atoms with Gasteiger partial charge in [-0.15, -0.1) is 0 Å². The zero-order chi connectivity index (χ0) is 22.4. The zero-order valence-electron chi connectivity index (χ0n) is 18.1. The fourth-order valence-corrected chi connectivity index (χ4v) is 3.50. The molecule has 0 aromatic heterocycles. The lowest BCUT2D eigenvalue weighted by Crippen LogP contribution is -2.45. The number of piperidine rings is 1. The summed E-state index contributed by atoms with van der Waals surface area (Å²) in [6.07, 6.45) is 3.17. The quantitative estimate of drug-likeness (QED) is 0.642. The van der Waals surface area contributed by atoms with E-state index in [0.717, 1.165) is 12.8 Å². The molecular weight excluding hydrogens is 400 g/mol. The Morgan fingerprint density at radius 1 is 1.06 bits per heavy atom. The summed E-state index contributed by atoms with van der Waals surface area (Å²) in [5, 5.41) is 5.57. The van der Waals surface area contributed by atoms with Gasteiger partial charge in [0.05, 0.1) is 19.1 Å². The highest BCUT2D eigenvalue weighted by atomic mass is 16.5. The van der Waals surface area contributed by atoms with E-state index in [-0.39, 0.29) is 42.3 Å². The summed E-state index contributed by atoms with van der Waals surface area (Å²) in [4.78, 5) is 51.9. The van der Waals surface area contributed by atoms with Crippen LogP contribution in [0.1, 0.15) is 43.0 Å². The first kappa shape index (κ1) is 22.6. The third-order valence-corrected chi connectivity index (χ3v) is 5.49. The molecule has 0 unspecified atom stereocenters. The van der Waals surface area contributed by atoms with Gasteiger partial charge in [-0.05, 0) is 56.9 Å². The lowest BCUT2D eigenvalue weighted by Gasteiger charge is -2.32. The first-order chi connectivity index (χ1) is 14.9. The maximum atomic E-state index is 12.7. The van der Waals surface area contributed by atoms with Crippen LogP contribution in [-0.4, -0.2) is 72.9 Å². The monoisotopic (exact) mass is 430 g/mol. The van der Waals surface area contributed by atoms with Crippen molar-refractivity contribution in [3.63, 3.8) is 0 Å². The van der Waals surface area contributed by atoms with E-state index in [1.54, 1.807) is 43.1 Å². The molecule has 2 N–H and O–H groups in total. The molecule has 1 saturated heterocycles. The smallest absolute Gasteiger partial charge is 0.319 e. The maximum Gasteiger partial charge on any atom is 0.319 e. The third kappa shape index (κ3) is 6.44. The summed E-state index contributed by atoms with van der Waals surface area (Å²) in [5.74, 6) is -0.788. The summed E-state index contributed by atoms with van der Waals surface area (Å²) in [6, 6.07) is 6.59. The van der Waals surface area contributed by atoms with Crippen LogP contribution in [0, 0.1) is 5.92 Å². The predicted octanol–water partition coefficient (Wildman–Crippen LogP) is 1.84. The molecule has 0 radical (unpaired) electrons. The number of esters is 1. The molecule has 31 heavy (non-hydrogen) atoms. The number of anilines is 1. The van der Waals surface area contributed by atoms with Crippen LogP contribution in [0.4, 0.5) is 10.5 Å². The van der Waals surface area contributed by atoms with Gasteiger partial charge in [-0.2, -0.15) is 0 Å². The molecular formula is C22H30N4O5.